The predicted molar refractivity (Wildman–Crippen MR) is 148 cm³/mol. The lowest BCUT2D eigenvalue weighted by Crippen LogP contribution is -2.36. The van der Waals surface area contributed by atoms with Gasteiger partial charge in [-0.2, -0.15) is 4.31 Å². The van der Waals surface area contributed by atoms with Crippen molar-refractivity contribution in [1.29, 1.82) is 0 Å². The highest BCUT2D eigenvalue weighted by molar-refractivity contribution is 7.61. The number of nitrogens with two attached hydrogens (primary N) is 2. The Morgan fingerprint density at radius 1 is 0.956 bits per heavy atom. The zero-order valence-electron chi connectivity index (χ0n) is 22.8. The summed E-state index contributed by atoms with van der Waals surface area (Å²) in [6.45, 7) is -1.79. The number of benzene rings is 1. The quantitative estimate of drug-likeness (QED) is 0.0930. The topological polar surface area (TPSA) is 326 Å². The van der Waals surface area contributed by atoms with E-state index in [1.807, 2.05) is 0 Å². The number of carbonyl (C=O) groups excluding carboxylic acids is 1. The summed E-state index contributed by atoms with van der Waals surface area (Å²) in [6.07, 6.45) is -9.47. The van der Waals surface area contributed by atoms with Crippen molar-refractivity contribution in [3.8, 4) is 0 Å². The van der Waals surface area contributed by atoms with E-state index >= 15 is 0 Å². The lowest BCUT2D eigenvalue weighted by atomic mass is 10.1. The van der Waals surface area contributed by atoms with Gasteiger partial charge in [0.1, 0.15) is 48.5 Å². The number of nitrogens with one attached hydrogen (secondary N) is 1. The number of phosphoric acid groups is 2. The number of aromatic nitrogens is 4. The van der Waals surface area contributed by atoms with Crippen molar-refractivity contribution >= 4 is 44.2 Å². The van der Waals surface area contributed by atoms with E-state index in [0.717, 1.165) is 6.33 Å². The van der Waals surface area contributed by atoms with Crippen LogP contribution in [-0.4, -0.2) is 112 Å². The van der Waals surface area contributed by atoms with E-state index in [1.165, 1.54) is 35.2 Å². The smallest absolute Gasteiger partial charge is 0.387 e. The zero-order chi connectivity index (χ0) is 32.7. The van der Waals surface area contributed by atoms with Gasteiger partial charge < -0.3 is 56.5 Å². The lowest BCUT2D eigenvalue weighted by molar-refractivity contribution is -0.0506. The maximum atomic E-state index is 12.4. The van der Waals surface area contributed by atoms with Crippen molar-refractivity contribution in [3.63, 3.8) is 0 Å². The number of nitrogens with zero attached hydrogens (tertiary/aromatic N) is 4. The normalized spacial score (nSPS) is 31.1. The molecule has 246 valence electrons. The van der Waals surface area contributed by atoms with E-state index in [0.29, 0.717) is 5.69 Å². The van der Waals surface area contributed by atoms with Crippen LogP contribution in [0.15, 0.2) is 36.9 Å². The molecule has 2 aliphatic rings. The summed E-state index contributed by atoms with van der Waals surface area (Å²) < 4.78 is 50.7. The Balaban J connectivity index is 1.13. The molecule has 2 saturated heterocycles. The second kappa shape index (κ2) is 12.9. The number of anilines is 2. The second-order valence-electron chi connectivity index (χ2n) is 9.91. The molecular formula is C22H29N7O14P2. The number of carbonyl (C=O) groups is 1. The first-order chi connectivity index (χ1) is 21.2. The van der Waals surface area contributed by atoms with Crippen molar-refractivity contribution in [3.05, 3.63) is 42.5 Å². The number of amides is 1. The lowest BCUT2D eigenvalue weighted by Gasteiger charge is -2.20. The van der Waals surface area contributed by atoms with Gasteiger partial charge in [-0.3, -0.25) is 18.4 Å². The van der Waals surface area contributed by atoms with Crippen molar-refractivity contribution in [2.24, 2.45) is 5.73 Å². The maximum Gasteiger partial charge on any atom is 0.481 e. The Labute approximate surface area is 252 Å². The first-order valence-corrected chi connectivity index (χ1v) is 15.9. The Hall–Kier alpha value is -3.14. The number of rotatable bonds is 12. The molecule has 0 spiro atoms. The van der Waals surface area contributed by atoms with Crippen LogP contribution in [0.4, 0.5) is 11.5 Å². The van der Waals surface area contributed by atoms with Gasteiger partial charge in [-0.05, 0) is 18.2 Å². The predicted octanol–water partition coefficient (Wildman–Crippen LogP) is -2.06. The SMILES string of the molecule is NC(=O)c1cccc(N[C@H]2O[C@H](COP(=O)(O)OP(=O)(O)OC[C@H]3O[C@@H](n4cnc5c(N)ncnc54)[C@H](O)[C@@H]3O)[C@@H](O)[C@H]2O)c1. The van der Waals surface area contributed by atoms with Crippen LogP contribution in [0.25, 0.3) is 11.2 Å². The average molecular weight is 677 g/mol. The summed E-state index contributed by atoms with van der Waals surface area (Å²) in [7, 11) is -10.7. The fraction of sp³-hybridized carbons (Fsp3) is 0.455. The van der Waals surface area contributed by atoms with Crippen LogP contribution in [0.2, 0.25) is 0 Å². The van der Waals surface area contributed by atoms with E-state index in [9.17, 15) is 44.1 Å². The maximum absolute atomic E-state index is 12.4. The molecule has 10 atom stereocenters. The van der Waals surface area contributed by atoms with Crippen LogP contribution in [-0.2, 0) is 32.0 Å². The number of nitrogen functional groups attached to an aromatic ring is 1. The monoisotopic (exact) mass is 677 g/mol. The summed E-state index contributed by atoms with van der Waals surface area (Å²) >= 11 is 0. The van der Waals surface area contributed by atoms with E-state index in [1.54, 1.807) is 0 Å². The van der Waals surface area contributed by atoms with Gasteiger partial charge in [0, 0.05) is 11.3 Å². The van der Waals surface area contributed by atoms with Crippen LogP contribution < -0.4 is 16.8 Å². The first kappa shape index (κ1) is 33.2. The summed E-state index contributed by atoms with van der Waals surface area (Å²) in [5.41, 5.74) is 11.8. The minimum atomic E-state index is -5.37. The van der Waals surface area contributed by atoms with E-state index < -0.39 is 83.8 Å². The highest BCUT2D eigenvalue weighted by Crippen LogP contribution is 2.60. The molecule has 2 aromatic heterocycles. The first-order valence-electron chi connectivity index (χ1n) is 12.9. The van der Waals surface area contributed by atoms with Crippen LogP contribution in [0, 0.1) is 0 Å². The van der Waals surface area contributed by atoms with Gasteiger partial charge in [0.25, 0.3) is 0 Å². The summed E-state index contributed by atoms with van der Waals surface area (Å²) in [6, 6.07) is 5.84. The van der Waals surface area contributed by atoms with Gasteiger partial charge in [0.15, 0.2) is 23.9 Å². The summed E-state index contributed by atoms with van der Waals surface area (Å²) in [5, 5.41) is 44.3. The second-order valence-corrected chi connectivity index (χ2v) is 12.9. The number of hydrogen-bond acceptors (Lipinski definition) is 17. The molecule has 4 heterocycles. The number of primary amides is 1. The van der Waals surface area contributed by atoms with Crippen LogP contribution in [0.1, 0.15) is 16.6 Å². The molecule has 45 heavy (non-hydrogen) atoms. The molecule has 2 fully saturated rings. The Bertz CT molecular complexity index is 1650. The third kappa shape index (κ3) is 7.31. The molecule has 21 nitrogen and oxygen atoms in total. The van der Waals surface area contributed by atoms with Crippen LogP contribution >= 0.6 is 15.6 Å². The molecule has 0 saturated carbocycles. The van der Waals surface area contributed by atoms with Crippen LogP contribution in [0.5, 0.6) is 0 Å². The standard InChI is InChI=1S/C22H29N7O14P2/c23-18-13-20(26-7-25-18)29(8-27-13)22-17(33)15(31)12(42-22)6-40-45(37,38)43-44(35,36)39-5-11-14(30)16(32)21(41-11)28-10-3-1-2-9(4-10)19(24)34/h1-4,7-8,11-12,14-17,21-22,28,30-33H,5-6H2,(H2,24,34)(H,35,36)(H,37,38)(H2,23,25,26)/t11-,12-,14-,15-,16-,17-,21+,22-/m1/s1. The third-order valence-electron chi connectivity index (χ3n) is 6.83. The van der Waals surface area contributed by atoms with Crippen molar-refractivity contribution in [2.75, 3.05) is 24.3 Å². The van der Waals surface area contributed by atoms with Gasteiger partial charge >= 0.3 is 15.6 Å². The molecule has 1 amide bonds. The summed E-state index contributed by atoms with van der Waals surface area (Å²) in [4.78, 5) is 43.3. The highest BCUT2D eigenvalue weighted by atomic mass is 31.3. The number of imidazole rings is 1. The van der Waals surface area contributed by atoms with Gasteiger partial charge in [-0.1, -0.05) is 6.07 Å². The minimum Gasteiger partial charge on any atom is -0.387 e. The molecular weight excluding hydrogens is 648 g/mol. The van der Waals surface area contributed by atoms with Crippen molar-refractivity contribution in [2.45, 2.75) is 49.1 Å². The number of ether oxygens (including phenoxy) is 2. The fourth-order valence-corrected chi connectivity index (χ4v) is 6.69. The number of hydrogen-bond donors (Lipinski definition) is 9. The van der Waals surface area contributed by atoms with E-state index in [2.05, 4.69) is 29.1 Å². The Morgan fingerprint density at radius 3 is 2.27 bits per heavy atom. The number of phosphoric ester groups is 2. The molecule has 23 heteroatoms. The molecule has 1 aromatic carbocycles. The minimum absolute atomic E-state index is 0.0507. The molecule has 11 N–H and O–H groups in total. The van der Waals surface area contributed by atoms with Crippen molar-refractivity contribution in [1.82, 2.24) is 19.5 Å². The Morgan fingerprint density at radius 2 is 1.60 bits per heavy atom. The van der Waals surface area contributed by atoms with Crippen LogP contribution in [0.3, 0.4) is 0 Å². The van der Waals surface area contributed by atoms with Gasteiger partial charge in [0.2, 0.25) is 5.91 Å². The molecule has 5 rings (SSSR count). The third-order valence-corrected chi connectivity index (χ3v) is 9.43. The molecule has 3 aromatic rings. The Kier molecular flexibility index (Phi) is 9.55. The number of aliphatic hydroxyl groups excluding tert-OH is 4. The molecule has 2 aliphatic heterocycles. The zero-order valence-corrected chi connectivity index (χ0v) is 24.6. The molecule has 0 aliphatic carbocycles. The van der Waals surface area contributed by atoms with Gasteiger partial charge in [0.05, 0.1) is 19.5 Å². The van der Waals surface area contributed by atoms with Crippen molar-refractivity contribution < 1.29 is 67.0 Å². The fourth-order valence-electron chi connectivity index (χ4n) is 4.60. The highest BCUT2D eigenvalue weighted by Gasteiger charge is 2.47. The average Bonchev–Trinajstić information content (AvgIpc) is 3.61. The summed E-state index contributed by atoms with van der Waals surface area (Å²) in [5.74, 6) is -0.658. The van der Waals surface area contributed by atoms with E-state index in [4.69, 9.17) is 25.5 Å². The van der Waals surface area contributed by atoms with E-state index in [-0.39, 0.29) is 22.5 Å². The number of fused-ring (bicyclic) bond motifs is 1. The van der Waals surface area contributed by atoms with Gasteiger partial charge in [-0.15, -0.1) is 0 Å². The molecule has 0 bridgehead atoms. The molecule has 2 unspecified atom stereocenters. The largest absolute Gasteiger partial charge is 0.481 e. The number of aliphatic hydroxyl groups is 4. The van der Waals surface area contributed by atoms with Gasteiger partial charge in [-0.25, -0.2) is 24.1 Å². The molecule has 0 radical (unpaired) electrons.